The molecule has 5 heteroatoms. The number of nitrogens with two attached hydrogens (primary N) is 1. The van der Waals surface area contributed by atoms with Gasteiger partial charge in [-0.1, -0.05) is 50.2 Å². The minimum Gasteiger partial charge on any atom is -0.324 e. The minimum atomic E-state index is -4.30. The standard InChI is InChI=1S/C19H22F3N.ClH/c1-13(2)3-12-18(23)16-6-4-14(5-7-16)15-8-10-17(11-9-15)19(20,21)22;/h4-11,13,18H,3,12,23H2,1-2H3;1H/t18-;/m0./s1. The molecule has 0 saturated carbocycles. The minimum absolute atomic E-state index is 0. The van der Waals surface area contributed by atoms with Gasteiger partial charge in [-0.2, -0.15) is 13.2 Å². The zero-order valence-electron chi connectivity index (χ0n) is 13.8. The summed E-state index contributed by atoms with van der Waals surface area (Å²) >= 11 is 0. The molecule has 0 fully saturated rings. The Bertz CT molecular complexity index is 619. The summed E-state index contributed by atoms with van der Waals surface area (Å²) in [4.78, 5) is 0. The van der Waals surface area contributed by atoms with Crippen LogP contribution >= 0.6 is 12.4 Å². The zero-order valence-corrected chi connectivity index (χ0v) is 14.6. The van der Waals surface area contributed by atoms with Crippen molar-refractivity contribution in [3.05, 3.63) is 59.7 Å². The largest absolute Gasteiger partial charge is 0.416 e. The molecule has 1 nitrogen and oxygen atoms in total. The number of halogens is 4. The van der Waals surface area contributed by atoms with Gasteiger partial charge in [0.25, 0.3) is 0 Å². The molecule has 0 bridgehead atoms. The molecule has 132 valence electrons. The number of alkyl halides is 3. The van der Waals surface area contributed by atoms with Crippen LogP contribution in [0.15, 0.2) is 48.5 Å². The molecule has 0 aromatic heterocycles. The SMILES string of the molecule is CC(C)CC[C@H](N)c1ccc(-c2ccc(C(F)(F)F)cc2)cc1.Cl. The second kappa shape index (κ2) is 8.54. The second-order valence-corrected chi connectivity index (χ2v) is 6.27. The fraction of sp³-hybridized carbons (Fsp3) is 0.368. The molecule has 2 N–H and O–H groups in total. The van der Waals surface area contributed by atoms with Crippen LogP contribution in [-0.2, 0) is 6.18 Å². The summed E-state index contributed by atoms with van der Waals surface area (Å²) in [6.07, 6.45) is -2.30. The van der Waals surface area contributed by atoms with E-state index in [1.165, 1.54) is 12.1 Å². The predicted molar refractivity (Wildman–Crippen MR) is 95.1 cm³/mol. The summed E-state index contributed by atoms with van der Waals surface area (Å²) in [5.74, 6) is 0.618. The molecule has 0 saturated heterocycles. The smallest absolute Gasteiger partial charge is 0.324 e. The average molecular weight is 358 g/mol. The van der Waals surface area contributed by atoms with E-state index in [1.807, 2.05) is 24.3 Å². The van der Waals surface area contributed by atoms with Crippen molar-refractivity contribution in [3.63, 3.8) is 0 Å². The van der Waals surface area contributed by atoms with E-state index in [0.29, 0.717) is 5.92 Å². The van der Waals surface area contributed by atoms with E-state index in [4.69, 9.17) is 5.73 Å². The summed E-state index contributed by atoms with van der Waals surface area (Å²) in [7, 11) is 0. The molecule has 0 aliphatic rings. The molecule has 2 aromatic rings. The van der Waals surface area contributed by atoms with E-state index in [-0.39, 0.29) is 18.4 Å². The fourth-order valence-corrected chi connectivity index (χ4v) is 2.45. The molecule has 0 radical (unpaired) electrons. The highest BCUT2D eigenvalue weighted by molar-refractivity contribution is 5.85. The molecule has 2 aromatic carbocycles. The Labute approximate surface area is 147 Å². The van der Waals surface area contributed by atoms with Gasteiger partial charge in [0.1, 0.15) is 0 Å². The molecule has 0 aliphatic carbocycles. The Balaban J connectivity index is 0.00000288. The Morgan fingerprint density at radius 2 is 1.29 bits per heavy atom. The van der Waals surface area contributed by atoms with Gasteiger partial charge < -0.3 is 5.73 Å². The number of hydrogen-bond donors (Lipinski definition) is 1. The first kappa shape index (κ1) is 20.5. The second-order valence-electron chi connectivity index (χ2n) is 6.27. The van der Waals surface area contributed by atoms with Crippen LogP contribution < -0.4 is 5.73 Å². The van der Waals surface area contributed by atoms with E-state index in [0.717, 1.165) is 41.7 Å². The van der Waals surface area contributed by atoms with Crippen molar-refractivity contribution in [2.45, 2.75) is 38.9 Å². The molecular weight excluding hydrogens is 335 g/mol. The van der Waals surface area contributed by atoms with E-state index in [1.54, 1.807) is 0 Å². The van der Waals surface area contributed by atoms with Crippen LogP contribution in [-0.4, -0.2) is 0 Å². The first-order valence-corrected chi connectivity index (χ1v) is 7.80. The lowest BCUT2D eigenvalue weighted by molar-refractivity contribution is -0.137. The Morgan fingerprint density at radius 3 is 1.71 bits per heavy atom. The van der Waals surface area contributed by atoms with Crippen molar-refractivity contribution in [2.24, 2.45) is 11.7 Å². The summed E-state index contributed by atoms with van der Waals surface area (Å²) in [6, 6.07) is 12.9. The van der Waals surface area contributed by atoms with E-state index in [9.17, 15) is 13.2 Å². The van der Waals surface area contributed by atoms with Gasteiger partial charge in [0.05, 0.1) is 5.56 Å². The first-order chi connectivity index (χ1) is 10.8. The maximum absolute atomic E-state index is 12.6. The summed E-state index contributed by atoms with van der Waals surface area (Å²) < 4.78 is 37.7. The molecule has 2 rings (SSSR count). The van der Waals surface area contributed by atoms with E-state index >= 15 is 0 Å². The number of benzene rings is 2. The average Bonchev–Trinajstić information content (AvgIpc) is 2.52. The highest BCUT2D eigenvalue weighted by atomic mass is 35.5. The van der Waals surface area contributed by atoms with Gasteiger partial charge in [0.2, 0.25) is 0 Å². The molecular formula is C19H23ClF3N. The molecule has 1 atom stereocenters. The lowest BCUT2D eigenvalue weighted by Crippen LogP contribution is -2.11. The fourth-order valence-electron chi connectivity index (χ4n) is 2.45. The van der Waals surface area contributed by atoms with E-state index < -0.39 is 11.7 Å². The third-order valence-electron chi connectivity index (χ3n) is 3.94. The van der Waals surface area contributed by atoms with Crippen molar-refractivity contribution in [2.75, 3.05) is 0 Å². The lowest BCUT2D eigenvalue weighted by Gasteiger charge is -2.14. The first-order valence-electron chi connectivity index (χ1n) is 7.80. The van der Waals surface area contributed by atoms with E-state index in [2.05, 4.69) is 13.8 Å². The summed E-state index contributed by atoms with van der Waals surface area (Å²) in [5, 5.41) is 0. The monoisotopic (exact) mass is 357 g/mol. The van der Waals surface area contributed by atoms with Crippen molar-refractivity contribution < 1.29 is 13.2 Å². The summed E-state index contributed by atoms with van der Waals surface area (Å²) in [5.41, 5.74) is 8.25. The van der Waals surface area contributed by atoms with Crippen LogP contribution in [0.4, 0.5) is 13.2 Å². The molecule has 0 unspecified atom stereocenters. The van der Waals surface area contributed by atoms with Gasteiger partial charge in [0, 0.05) is 6.04 Å². The van der Waals surface area contributed by atoms with Crippen LogP contribution in [0.2, 0.25) is 0 Å². The van der Waals surface area contributed by atoms with Crippen LogP contribution in [0.5, 0.6) is 0 Å². The van der Waals surface area contributed by atoms with Gasteiger partial charge in [0.15, 0.2) is 0 Å². The Morgan fingerprint density at radius 1 is 0.833 bits per heavy atom. The molecule has 0 aliphatic heterocycles. The van der Waals surface area contributed by atoms with Gasteiger partial charge >= 0.3 is 6.18 Å². The predicted octanol–water partition coefficient (Wildman–Crippen LogP) is 6.23. The van der Waals surface area contributed by atoms with Gasteiger partial charge in [-0.15, -0.1) is 12.4 Å². The highest BCUT2D eigenvalue weighted by Gasteiger charge is 2.29. The Kier molecular flexibility index (Phi) is 7.30. The van der Waals surface area contributed by atoms with Crippen LogP contribution in [0.25, 0.3) is 11.1 Å². The third-order valence-corrected chi connectivity index (χ3v) is 3.94. The topological polar surface area (TPSA) is 26.0 Å². The maximum Gasteiger partial charge on any atom is 0.416 e. The molecule has 24 heavy (non-hydrogen) atoms. The highest BCUT2D eigenvalue weighted by Crippen LogP contribution is 2.31. The van der Waals surface area contributed by atoms with Crippen LogP contribution in [0, 0.1) is 5.92 Å². The number of rotatable bonds is 5. The van der Waals surface area contributed by atoms with Crippen molar-refractivity contribution >= 4 is 12.4 Å². The van der Waals surface area contributed by atoms with Crippen molar-refractivity contribution in [1.29, 1.82) is 0 Å². The quantitative estimate of drug-likeness (QED) is 0.674. The van der Waals surface area contributed by atoms with Crippen molar-refractivity contribution in [3.8, 4) is 11.1 Å². The maximum atomic E-state index is 12.6. The van der Waals surface area contributed by atoms with Crippen molar-refractivity contribution in [1.82, 2.24) is 0 Å². The normalized spacial score (nSPS) is 12.8. The summed E-state index contributed by atoms with van der Waals surface area (Å²) in [6.45, 7) is 4.33. The molecule has 0 heterocycles. The molecule has 0 spiro atoms. The van der Waals surface area contributed by atoms with Gasteiger partial charge in [-0.3, -0.25) is 0 Å². The number of hydrogen-bond acceptors (Lipinski definition) is 1. The van der Waals surface area contributed by atoms with Crippen LogP contribution in [0.3, 0.4) is 0 Å². The molecule has 0 amide bonds. The third kappa shape index (κ3) is 5.53. The Hall–Kier alpha value is -1.52. The van der Waals surface area contributed by atoms with Gasteiger partial charge in [-0.05, 0) is 47.6 Å². The van der Waals surface area contributed by atoms with Crippen LogP contribution in [0.1, 0.15) is 43.9 Å². The van der Waals surface area contributed by atoms with Gasteiger partial charge in [-0.25, -0.2) is 0 Å². The lowest BCUT2D eigenvalue weighted by atomic mass is 9.96. The zero-order chi connectivity index (χ0) is 17.0.